The summed E-state index contributed by atoms with van der Waals surface area (Å²) in [6, 6.07) is 0.665. The van der Waals surface area contributed by atoms with Crippen molar-refractivity contribution < 1.29 is 4.74 Å². The van der Waals surface area contributed by atoms with Gasteiger partial charge in [-0.25, -0.2) is 0 Å². The molecule has 0 aromatic carbocycles. The van der Waals surface area contributed by atoms with Crippen molar-refractivity contribution in [2.24, 2.45) is 7.05 Å². The van der Waals surface area contributed by atoms with Crippen LogP contribution in [-0.4, -0.2) is 29.0 Å². The van der Waals surface area contributed by atoms with E-state index in [4.69, 9.17) is 4.74 Å². The molecule has 0 saturated carbocycles. The quantitative estimate of drug-likeness (QED) is 0.802. The summed E-state index contributed by atoms with van der Waals surface area (Å²) < 4.78 is 7.24. The lowest BCUT2D eigenvalue weighted by molar-refractivity contribution is 0.124. The van der Waals surface area contributed by atoms with E-state index in [9.17, 15) is 0 Å². The first-order valence-corrected chi connectivity index (χ1v) is 5.88. The largest absolute Gasteiger partial charge is 0.380 e. The van der Waals surface area contributed by atoms with E-state index >= 15 is 0 Å². The van der Waals surface area contributed by atoms with Gasteiger partial charge < -0.3 is 10.1 Å². The predicted molar refractivity (Wildman–Crippen MR) is 65.5 cm³/mol. The third-order valence-corrected chi connectivity index (χ3v) is 2.62. The molecule has 0 radical (unpaired) electrons. The van der Waals surface area contributed by atoms with Crippen LogP contribution < -0.4 is 5.32 Å². The number of aromatic nitrogens is 2. The highest BCUT2D eigenvalue weighted by molar-refractivity contribution is 5.19. The Balaban J connectivity index is 2.51. The zero-order chi connectivity index (χ0) is 12.1. The molecule has 2 unspecified atom stereocenters. The Kier molecular flexibility index (Phi) is 4.96. The highest BCUT2D eigenvalue weighted by atomic mass is 16.5. The van der Waals surface area contributed by atoms with Gasteiger partial charge >= 0.3 is 0 Å². The summed E-state index contributed by atoms with van der Waals surface area (Å²) in [5.41, 5.74) is 2.34. The van der Waals surface area contributed by atoms with Gasteiger partial charge in [-0.05, 0) is 27.7 Å². The molecule has 0 aliphatic carbocycles. The Morgan fingerprint density at radius 2 is 2.19 bits per heavy atom. The molecule has 1 aromatic heterocycles. The van der Waals surface area contributed by atoms with E-state index in [0.717, 1.165) is 18.9 Å². The topological polar surface area (TPSA) is 39.1 Å². The molecule has 0 aliphatic heterocycles. The number of ether oxygens (including phenoxy) is 1. The van der Waals surface area contributed by atoms with Crippen molar-refractivity contribution in [1.29, 1.82) is 0 Å². The summed E-state index contributed by atoms with van der Waals surface area (Å²) in [5.74, 6) is 0. The molecule has 0 bridgehead atoms. The average Bonchev–Trinajstić information content (AvgIpc) is 2.54. The van der Waals surface area contributed by atoms with Crippen molar-refractivity contribution >= 4 is 0 Å². The minimum Gasteiger partial charge on any atom is -0.380 e. The maximum atomic E-state index is 5.38. The normalized spacial score (nSPS) is 15.1. The van der Waals surface area contributed by atoms with E-state index in [1.807, 2.05) is 25.6 Å². The van der Waals surface area contributed by atoms with Crippen LogP contribution in [0.15, 0.2) is 6.20 Å². The first-order chi connectivity index (χ1) is 7.54. The Morgan fingerprint density at radius 3 is 2.69 bits per heavy atom. The molecule has 4 heteroatoms. The van der Waals surface area contributed by atoms with E-state index in [1.165, 1.54) is 5.56 Å². The molecule has 0 aliphatic rings. The van der Waals surface area contributed by atoms with Crippen molar-refractivity contribution in [1.82, 2.24) is 15.1 Å². The van der Waals surface area contributed by atoms with Crippen molar-refractivity contribution in [3.63, 3.8) is 0 Å². The zero-order valence-corrected chi connectivity index (χ0v) is 10.9. The molecule has 2 atom stereocenters. The molecule has 1 heterocycles. The van der Waals surface area contributed by atoms with Crippen LogP contribution in [0.3, 0.4) is 0 Å². The van der Waals surface area contributed by atoms with Crippen molar-refractivity contribution in [3.05, 3.63) is 17.5 Å². The summed E-state index contributed by atoms with van der Waals surface area (Å²) in [6.07, 6.45) is 2.07. The van der Waals surface area contributed by atoms with Gasteiger partial charge in [0.2, 0.25) is 0 Å². The zero-order valence-electron chi connectivity index (χ0n) is 10.9. The molecule has 0 amide bonds. The molecule has 92 valence electrons. The van der Waals surface area contributed by atoms with Gasteiger partial charge in [-0.2, -0.15) is 5.10 Å². The fraction of sp³-hybridized carbons (Fsp3) is 0.750. The molecule has 4 nitrogen and oxygen atoms in total. The molecule has 0 saturated heterocycles. The lowest BCUT2D eigenvalue weighted by Crippen LogP contribution is -2.33. The molecule has 16 heavy (non-hydrogen) atoms. The van der Waals surface area contributed by atoms with Crippen LogP contribution in [0.1, 0.15) is 38.1 Å². The summed E-state index contributed by atoms with van der Waals surface area (Å²) >= 11 is 0. The van der Waals surface area contributed by atoms with Crippen LogP contribution in [-0.2, 0) is 11.8 Å². The molecule has 1 aromatic rings. The van der Waals surface area contributed by atoms with Gasteiger partial charge in [-0.15, -0.1) is 0 Å². The van der Waals surface area contributed by atoms with Gasteiger partial charge in [0.05, 0.1) is 12.3 Å². The number of aryl methyl sites for hydroxylation is 2. The maximum Gasteiger partial charge on any atom is 0.0641 e. The van der Waals surface area contributed by atoms with E-state index in [0.29, 0.717) is 12.1 Å². The summed E-state index contributed by atoms with van der Waals surface area (Å²) in [6.45, 7) is 9.87. The summed E-state index contributed by atoms with van der Waals surface area (Å²) in [4.78, 5) is 0. The molecule has 0 spiro atoms. The van der Waals surface area contributed by atoms with E-state index in [1.54, 1.807) is 0 Å². The third kappa shape index (κ3) is 3.61. The van der Waals surface area contributed by atoms with E-state index < -0.39 is 0 Å². The number of hydrogen-bond donors (Lipinski definition) is 1. The molecular weight excluding hydrogens is 202 g/mol. The average molecular weight is 225 g/mol. The van der Waals surface area contributed by atoms with Crippen LogP contribution in [0.4, 0.5) is 0 Å². The molecule has 1 rings (SSSR count). The third-order valence-electron chi connectivity index (χ3n) is 2.62. The molecule has 1 N–H and O–H groups in total. The fourth-order valence-corrected chi connectivity index (χ4v) is 1.90. The van der Waals surface area contributed by atoms with Crippen LogP contribution in [0, 0.1) is 6.92 Å². The molecule has 0 fully saturated rings. The van der Waals surface area contributed by atoms with Crippen LogP contribution in [0.5, 0.6) is 0 Å². The lowest BCUT2D eigenvalue weighted by atomic mass is 10.1. The first kappa shape index (κ1) is 13.2. The van der Waals surface area contributed by atoms with Gasteiger partial charge in [0.15, 0.2) is 0 Å². The van der Waals surface area contributed by atoms with Gasteiger partial charge in [0, 0.05) is 37.5 Å². The fourth-order valence-electron chi connectivity index (χ4n) is 1.90. The Bertz CT molecular complexity index is 322. The highest BCUT2D eigenvalue weighted by Gasteiger charge is 2.13. The van der Waals surface area contributed by atoms with Gasteiger partial charge in [-0.3, -0.25) is 4.68 Å². The minimum atomic E-state index is 0.309. The highest BCUT2D eigenvalue weighted by Crippen LogP contribution is 2.15. The van der Waals surface area contributed by atoms with E-state index in [2.05, 4.69) is 30.5 Å². The maximum absolute atomic E-state index is 5.38. The monoisotopic (exact) mass is 225 g/mol. The summed E-state index contributed by atoms with van der Waals surface area (Å²) in [7, 11) is 1.95. The van der Waals surface area contributed by atoms with Crippen molar-refractivity contribution in [2.75, 3.05) is 13.2 Å². The number of nitrogens with zero attached hydrogens (tertiary/aromatic N) is 2. The van der Waals surface area contributed by atoms with Gasteiger partial charge in [0.1, 0.15) is 0 Å². The second-order valence-electron chi connectivity index (χ2n) is 4.29. The smallest absolute Gasteiger partial charge is 0.0641 e. The predicted octanol–water partition coefficient (Wildman–Crippen LogP) is 1.80. The first-order valence-electron chi connectivity index (χ1n) is 5.88. The van der Waals surface area contributed by atoms with Crippen LogP contribution >= 0.6 is 0 Å². The van der Waals surface area contributed by atoms with E-state index in [-0.39, 0.29) is 0 Å². The van der Waals surface area contributed by atoms with Crippen molar-refractivity contribution in [3.8, 4) is 0 Å². The molecular formula is C12H23N3O. The second kappa shape index (κ2) is 6.01. The Hall–Kier alpha value is -0.870. The van der Waals surface area contributed by atoms with Crippen LogP contribution in [0.25, 0.3) is 0 Å². The minimum absolute atomic E-state index is 0.309. The number of nitrogens with one attached hydrogen (secondary N) is 1. The summed E-state index contributed by atoms with van der Waals surface area (Å²) in [5, 5.41) is 7.85. The lowest BCUT2D eigenvalue weighted by Gasteiger charge is -2.19. The SMILES string of the molecule is CCOCC(C)NC(C)c1cn(C)nc1C. The second-order valence-corrected chi connectivity index (χ2v) is 4.29. The van der Waals surface area contributed by atoms with Gasteiger partial charge in [0.25, 0.3) is 0 Å². The number of hydrogen-bond acceptors (Lipinski definition) is 3. The standard InChI is InChI=1S/C12H23N3O/c1-6-16-8-9(2)13-10(3)12-7-15(5)14-11(12)4/h7,9-10,13H,6,8H2,1-5H3. The van der Waals surface area contributed by atoms with Crippen molar-refractivity contribution in [2.45, 2.75) is 39.8 Å². The van der Waals surface area contributed by atoms with Gasteiger partial charge in [-0.1, -0.05) is 0 Å². The Labute approximate surface area is 98.0 Å². The number of rotatable bonds is 6. The Morgan fingerprint density at radius 1 is 1.50 bits per heavy atom. The van der Waals surface area contributed by atoms with Crippen LogP contribution in [0.2, 0.25) is 0 Å².